The molecule has 0 saturated heterocycles. The fourth-order valence-electron chi connectivity index (χ4n) is 1.55. The number of aromatic nitrogens is 1. The topological polar surface area (TPSA) is 91.8 Å². The van der Waals surface area contributed by atoms with Crippen LogP contribution in [0.2, 0.25) is 0 Å². The lowest BCUT2D eigenvalue weighted by molar-refractivity contribution is -0.385. The largest absolute Gasteiger partial charge is 0.370 e. The number of hydrogen-bond donors (Lipinski definition) is 1. The minimum Gasteiger partial charge on any atom is -0.370 e. The molecule has 0 aliphatic carbocycles. The molecular formula is C12H10N4O2S. The molecule has 1 N–H and O–H groups in total. The minimum atomic E-state index is -0.610. The monoisotopic (exact) mass is 274 g/mol. The Balaban J connectivity index is 2.01. The van der Waals surface area contributed by atoms with Gasteiger partial charge in [0.05, 0.1) is 4.92 Å². The molecule has 96 valence electrons. The van der Waals surface area contributed by atoms with E-state index in [9.17, 15) is 10.1 Å². The van der Waals surface area contributed by atoms with E-state index in [1.54, 1.807) is 17.4 Å². The second-order valence-corrected chi connectivity index (χ2v) is 4.72. The average molecular weight is 274 g/mol. The van der Waals surface area contributed by atoms with Gasteiger partial charge in [0.25, 0.3) is 0 Å². The molecule has 2 heterocycles. The van der Waals surface area contributed by atoms with Crippen molar-refractivity contribution in [3.63, 3.8) is 0 Å². The third-order valence-electron chi connectivity index (χ3n) is 2.43. The molecule has 0 fully saturated rings. The van der Waals surface area contributed by atoms with E-state index in [2.05, 4.69) is 10.3 Å². The van der Waals surface area contributed by atoms with Crippen molar-refractivity contribution in [2.24, 2.45) is 0 Å². The molecule has 0 radical (unpaired) electrons. The number of pyridine rings is 1. The molecule has 0 spiro atoms. The van der Waals surface area contributed by atoms with Gasteiger partial charge in [-0.25, -0.2) is 4.98 Å². The van der Waals surface area contributed by atoms with E-state index in [0.717, 1.165) is 6.42 Å². The summed E-state index contributed by atoms with van der Waals surface area (Å²) in [4.78, 5) is 15.2. The van der Waals surface area contributed by atoms with E-state index in [-0.39, 0.29) is 11.4 Å². The van der Waals surface area contributed by atoms with E-state index in [0.29, 0.717) is 12.4 Å². The lowest BCUT2D eigenvalue weighted by atomic mass is 10.3. The molecule has 0 aliphatic heterocycles. The van der Waals surface area contributed by atoms with Crippen molar-refractivity contribution in [3.05, 3.63) is 50.3 Å². The Labute approximate surface area is 113 Å². The summed E-state index contributed by atoms with van der Waals surface area (Å²) in [7, 11) is 0. The average Bonchev–Trinajstić information content (AvgIpc) is 2.91. The van der Waals surface area contributed by atoms with Gasteiger partial charge < -0.3 is 5.32 Å². The molecule has 0 amide bonds. The molecule has 19 heavy (non-hydrogen) atoms. The van der Waals surface area contributed by atoms with E-state index < -0.39 is 4.92 Å². The van der Waals surface area contributed by atoms with Gasteiger partial charge in [-0.15, -0.1) is 11.3 Å². The zero-order chi connectivity index (χ0) is 13.7. The van der Waals surface area contributed by atoms with Gasteiger partial charge in [0.15, 0.2) is 0 Å². The highest BCUT2D eigenvalue weighted by Gasteiger charge is 2.15. The highest BCUT2D eigenvalue weighted by Crippen LogP contribution is 2.18. The summed E-state index contributed by atoms with van der Waals surface area (Å²) in [6, 6.07) is 8.55. The summed E-state index contributed by atoms with van der Waals surface area (Å²) >= 11 is 1.67. The zero-order valence-electron chi connectivity index (χ0n) is 9.87. The minimum absolute atomic E-state index is 0.175. The lowest BCUT2D eigenvalue weighted by Crippen LogP contribution is -2.07. The number of rotatable bonds is 5. The van der Waals surface area contributed by atoms with Crippen molar-refractivity contribution >= 4 is 22.8 Å². The van der Waals surface area contributed by atoms with Crippen LogP contribution in [0.25, 0.3) is 0 Å². The number of nitro groups is 1. The Morgan fingerprint density at radius 2 is 2.32 bits per heavy atom. The number of anilines is 1. The molecule has 2 rings (SSSR count). The van der Waals surface area contributed by atoms with Crippen molar-refractivity contribution in [3.8, 4) is 6.07 Å². The molecule has 0 saturated carbocycles. The van der Waals surface area contributed by atoms with Crippen molar-refractivity contribution in [2.45, 2.75) is 6.42 Å². The quantitative estimate of drug-likeness (QED) is 0.668. The molecule has 0 unspecified atom stereocenters. The van der Waals surface area contributed by atoms with Crippen LogP contribution >= 0.6 is 11.3 Å². The summed E-state index contributed by atoms with van der Waals surface area (Å²) in [6.45, 7) is 0.663. The van der Waals surface area contributed by atoms with E-state index in [4.69, 9.17) is 5.26 Å². The second kappa shape index (κ2) is 5.93. The van der Waals surface area contributed by atoms with Gasteiger partial charge in [-0.3, -0.25) is 10.1 Å². The standard InChI is InChI=1S/C12H10N4O2S/c13-8-10-11(16(17)18)3-4-12(15-10)14-6-5-9-2-1-7-19-9/h1-4,7H,5-6H2,(H,14,15). The molecule has 2 aromatic heterocycles. The third-order valence-corrected chi connectivity index (χ3v) is 3.37. The van der Waals surface area contributed by atoms with E-state index >= 15 is 0 Å². The summed E-state index contributed by atoms with van der Waals surface area (Å²) in [5.41, 5.74) is -0.447. The van der Waals surface area contributed by atoms with Gasteiger partial charge in [0.1, 0.15) is 11.9 Å². The fraction of sp³-hybridized carbons (Fsp3) is 0.167. The first-order chi connectivity index (χ1) is 9.20. The van der Waals surface area contributed by atoms with Crippen molar-refractivity contribution in [1.82, 2.24) is 4.98 Å². The highest BCUT2D eigenvalue weighted by molar-refractivity contribution is 7.09. The Kier molecular flexibility index (Phi) is 4.05. The fourth-order valence-corrected chi connectivity index (χ4v) is 2.26. The lowest BCUT2D eigenvalue weighted by Gasteiger charge is -2.04. The maximum Gasteiger partial charge on any atom is 0.305 e. The maximum absolute atomic E-state index is 10.7. The smallest absolute Gasteiger partial charge is 0.305 e. The molecule has 0 aromatic carbocycles. The molecule has 2 aromatic rings. The first-order valence-corrected chi connectivity index (χ1v) is 6.40. The summed E-state index contributed by atoms with van der Waals surface area (Å²) in [5.74, 6) is 0.471. The van der Waals surface area contributed by atoms with Crippen LogP contribution in [0.1, 0.15) is 10.6 Å². The van der Waals surface area contributed by atoms with Gasteiger partial charge in [-0.05, 0) is 23.9 Å². The van der Waals surface area contributed by atoms with Crippen LogP contribution in [0.3, 0.4) is 0 Å². The molecular weight excluding hydrogens is 264 g/mol. The van der Waals surface area contributed by atoms with Gasteiger partial charge in [-0.1, -0.05) is 6.07 Å². The molecule has 0 bridgehead atoms. The molecule has 7 heteroatoms. The second-order valence-electron chi connectivity index (χ2n) is 3.69. The Morgan fingerprint density at radius 3 is 2.95 bits per heavy atom. The third kappa shape index (κ3) is 3.26. The summed E-state index contributed by atoms with van der Waals surface area (Å²) < 4.78 is 0. The van der Waals surface area contributed by atoms with Crippen molar-refractivity contribution < 1.29 is 4.92 Å². The Hall–Kier alpha value is -2.46. The zero-order valence-corrected chi connectivity index (χ0v) is 10.7. The van der Waals surface area contributed by atoms with Crippen LogP contribution in [0.5, 0.6) is 0 Å². The maximum atomic E-state index is 10.7. The Bertz CT molecular complexity index is 619. The van der Waals surface area contributed by atoms with E-state index in [1.165, 1.54) is 17.0 Å². The first kappa shape index (κ1) is 13.0. The number of hydrogen-bond acceptors (Lipinski definition) is 6. The first-order valence-electron chi connectivity index (χ1n) is 5.52. The number of nitriles is 1. The normalized spacial score (nSPS) is 9.84. The van der Waals surface area contributed by atoms with E-state index in [1.807, 2.05) is 17.5 Å². The predicted molar refractivity (Wildman–Crippen MR) is 72.1 cm³/mol. The molecule has 0 atom stereocenters. The van der Waals surface area contributed by atoms with Crippen LogP contribution in [-0.4, -0.2) is 16.5 Å². The van der Waals surface area contributed by atoms with Crippen LogP contribution in [-0.2, 0) is 6.42 Å². The Morgan fingerprint density at radius 1 is 1.47 bits per heavy atom. The highest BCUT2D eigenvalue weighted by atomic mass is 32.1. The van der Waals surface area contributed by atoms with Crippen molar-refractivity contribution in [2.75, 3.05) is 11.9 Å². The number of nitrogens with zero attached hydrogens (tertiary/aromatic N) is 3. The van der Waals surface area contributed by atoms with Gasteiger partial charge >= 0.3 is 5.69 Å². The number of thiophene rings is 1. The summed E-state index contributed by atoms with van der Waals surface area (Å²) in [6.07, 6.45) is 0.845. The van der Waals surface area contributed by atoms with Crippen molar-refractivity contribution in [1.29, 1.82) is 5.26 Å². The molecule has 6 nitrogen and oxygen atoms in total. The summed E-state index contributed by atoms with van der Waals surface area (Å²) in [5, 5.41) is 24.5. The van der Waals surface area contributed by atoms with Gasteiger partial charge in [0.2, 0.25) is 5.69 Å². The van der Waals surface area contributed by atoms with Crippen LogP contribution in [0.4, 0.5) is 11.5 Å². The van der Waals surface area contributed by atoms with Crippen LogP contribution in [0, 0.1) is 21.4 Å². The SMILES string of the molecule is N#Cc1nc(NCCc2cccs2)ccc1[N+](=O)[O-]. The van der Waals surface area contributed by atoms with Crippen LogP contribution < -0.4 is 5.32 Å². The van der Waals surface area contributed by atoms with Gasteiger partial charge in [-0.2, -0.15) is 5.26 Å². The van der Waals surface area contributed by atoms with Gasteiger partial charge in [0, 0.05) is 17.5 Å². The van der Waals surface area contributed by atoms with Crippen LogP contribution in [0.15, 0.2) is 29.6 Å². The molecule has 0 aliphatic rings. The number of nitrogens with one attached hydrogen (secondary N) is 1. The predicted octanol–water partition coefficient (Wildman–Crippen LogP) is 2.58.